The highest BCUT2D eigenvalue weighted by Gasteiger charge is 2.20. The van der Waals surface area contributed by atoms with Crippen molar-refractivity contribution >= 4 is 11.6 Å². The maximum atomic E-state index is 12.6. The maximum absolute atomic E-state index is 12.6. The third-order valence-electron chi connectivity index (χ3n) is 4.80. The van der Waals surface area contributed by atoms with Crippen molar-refractivity contribution in [3.63, 3.8) is 0 Å². The summed E-state index contributed by atoms with van der Waals surface area (Å²) in [6.07, 6.45) is 0. The van der Waals surface area contributed by atoms with E-state index in [0.717, 1.165) is 22.7 Å². The monoisotopic (exact) mass is 370 g/mol. The van der Waals surface area contributed by atoms with E-state index in [1.54, 1.807) is 14.2 Å². The second-order valence-corrected chi connectivity index (χ2v) is 7.03. The second-order valence-electron chi connectivity index (χ2n) is 7.03. The van der Waals surface area contributed by atoms with Crippen LogP contribution in [-0.2, 0) is 11.3 Å². The number of rotatable bonds is 8. The first-order valence-corrected chi connectivity index (χ1v) is 9.17. The van der Waals surface area contributed by atoms with Gasteiger partial charge in [0.25, 0.3) is 0 Å². The summed E-state index contributed by atoms with van der Waals surface area (Å²) in [5.41, 5.74) is 3.07. The van der Waals surface area contributed by atoms with Gasteiger partial charge in [-0.3, -0.25) is 9.69 Å². The maximum Gasteiger partial charge on any atom is 0.241 e. The van der Waals surface area contributed by atoms with Crippen LogP contribution >= 0.6 is 0 Å². The number of hydrogen-bond acceptors (Lipinski definition) is 4. The molecule has 0 aromatic heterocycles. The molecule has 2 aromatic rings. The van der Waals surface area contributed by atoms with Crippen molar-refractivity contribution < 1.29 is 14.3 Å². The van der Waals surface area contributed by atoms with Gasteiger partial charge in [-0.05, 0) is 43.7 Å². The molecule has 0 saturated carbocycles. The molecule has 2 aromatic carbocycles. The summed E-state index contributed by atoms with van der Waals surface area (Å²) < 4.78 is 10.7. The fourth-order valence-corrected chi connectivity index (χ4v) is 2.79. The molecule has 27 heavy (non-hydrogen) atoms. The molecule has 0 fully saturated rings. The zero-order chi connectivity index (χ0) is 20.0. The predicted octanol–water partition coefficient (Wildman–Crippen LogP) is 4.29. The minimum absolute atomic E-state index is 0.0396. The zero-order valence-electron chi connectivity index (χ0n) is 17.1. The van der Waals surface area contributed by atoms with Crippen molar-refractivity contribution in [1.29, 1.82) is 0 Å². The fraction of sp³-hybridized carbons (Fsp3) is 0.409. The Bertz CT molecular complexity index is 757. The summed E-state index contributed by atoms with van der Waals surface area (Å²) in [4.78, 5) is 14.6. The number of methoxy groups -OCH3 is 2. The molecule has 0 aliphatic heterocycles. The lowest BCUT2D eigenvalue weighted by Crippen LogP contribution is -2.39. The van der Waals surface area contributed by atoms with Crippen LogP contribution in [-0.4, -0.2) is 38.1 Å². The van der Waals surface area contributed by atoms with Crippen molar-refractivity contribution in [3.8, 4) is 11.5 Å². The number of hydrogen-bond donors (Lipinski definition) is 1. The van der Waals surface area contributed by atoms with Crippen LogP contribution < -0.4 is 14.8 Å². The van der Waals surface area contributed by atoms with Crippen LogP contribution in [0.5, 0.6) is 11.5 Å². The Kier molecular flexibility index (Phi) is 7.25. The van der Waals surface area contributed by atoms with E-state index in [1.165, 1.54) is 5.56 Å². The van der Waals surface area contributed by atoms with Crippen molar-refractivity contribution in [3.05, 3.63) is 53.6 Å². The van der Waals surface area contributed by atoms with Crippen LogP contribution in [0.4, 0.5) is 5.69 Å². The first-order valence-electron chi connectivity index (χ1n) is 9.17. The first-order chi connectivity index (χ1) is 12.8. The van der Waals surface area contributed by atoms with Gasteiger partial charge in [0.2, 0.25) is 5.91 Å². The SMILES string of the molecule is COc1ccc(CN(C)C(C)C(=O)Nc2ccc(C(C)C)cc2)c(OC)c1. The topological polar surface area (TPSA) is 50.8 Å². The second kappa shape index (κ2) is 9.42. The van der Waals surface area contributed by atoms with E-state index in [-0.39, 0.29) is 11.9 Å². The molecular weight excluding hydrogens is 340 g/mol. The average molecular weight is 370 g/mol. The summed E-state index contributed by atoms with van der Waals surface area (Å²) in [6.45, 7) is 6.79. The predicted molar refractivity (Wildman–Crippen MR) is 110 cm³/mol. The van der Waals surface area contributed by atoms with Crippen LogP contribution in [0.25, 0.3) is 0 Å². The highest BCUT2D eigenvalue weighted by molar-refractivity contribution is 5.94. The number of carbonyl (C=O) groups is 1. The van der Waals surface area contributed by atoms with Gasteiger partial charge in [-0.25, -0.2) is 0 Å². The highest BCUT2D eigenvalue weighted by Crippen LogP contribution is 2.26. The normalized spacial score (nSPS) is 12.1. The number of nitrogens with one attached hydrogen (secondary N) is 1. The van der Waals surface area contributed by atoms with E-state index in [0.29, 0.717) is 12.5 Å². The Labute approximate surface area is 162 Å². The van der Waals surface area contributed by atoms with Crippen molar-refractivity contribution in [2.45, 2.75) is 39.3 Å². The average Bonchev–Trinajstić information content (AvgIpc) is 2.67. The lowest BCUT2D eigenvalue weighted by atomic mass is 10.0. The first kappa shape index (κ1) is 20.8. The molecule has 1 unspecified atom stereocenters. The summed E-state index contributed by atoms with van der Waals surface area (Å²) in [6, 6.07) is 13.4. The Morgan fingerprint density at radius 2 is 1.70 bits per heavy atom. The number of anilines is 1. The van der Waals surface area contributed by atoms with Crippen molar-refractivity contribution in [2.75, 3.05) is 26.6 Å². The third-order valence-corrected chi connectivity index (χ3v) is 4.80. The number of carbonyl (C=O) groups excluding carboxylic acids is 1. The van der Waals surface area contributed by atoms with Crippen molar-refractivity contribution in [1.82, 2.24) is 4.90 Å². The van der Waals surface area contributed by atoms with Gasteiger partial charge >= 0.3 is 0 Å². The molecular formula is C22H30N2O3. The molecule has 5 nitrogen and oxygen atoms in total. The molecule has 0 aliphatic carbocycles. The molecule has 0 bridgehead atoms. The quantitative estimate of drug-likeness (QED) is 0.753. The molecule has 5 heteroatoms. The Balaban J connectivity index is 2.01. The summed E-state index contributed by atoms with van der Waals surface area (Å²) in [7, 11) is 5.19. The Hall–Kier alpha value is -2.53. The number of benzene rings is 2. The van der Waals surface area contributed by atoms with Crippen LogP contribution in [0.1, 0.15) is 37.8 Å². The van der Waals surface area contributed by atoms with E-state index in [1.807, 2.05) is 49.2 Å². The van der Waals surface area contributed by atoms with Crippen molar-refractivity contribution in [2.24, 2.45) is 0 Å². The fourth-order valence-electron chi connectivity index (χ4n) is 2.79. The lowest BCUT2D eigenvalue weighted by molar-refractivity contribution is -0.120. The minimum atomic E-state index is -0.290. The lowest BCUT2D eigenvalue weighted by Gasteiger charge is -2.25. The van der Waals surface area contributed by atoms with Gasteiger partial charge in [0.15, 0.2) is 0 Å². The Morgan fingerprint density at radius 3 is 2.26 bits per heavy atom. The van der Waals surface area contributed by atoms with Gasteiger partial charge in [-0.2, -0.15) is 0 Å². The standard InChI is InChI=1S/C22H30N2O3/c1-15(2)17-7-10-19(11-8-17)23-22(25)16(3)24(4)14-18-9-12-20(26-5)13-21(18)27-6/h7-13,15-16H,14H2,1-6H3,(H,23,25). The zero-order valence-corrected chi connectivity index (χ0v) is 17.1. The van der Waals surface area contributed by atoms with E-state index in [9.17, 15) is 4.79 Å². The third kappa shape index (κ3) is 5.47. The molecule has 1 atom stereocenters. The van der Waals surface area contributed by atoms with E-state index in [2.05, 4.69) is 31.3 Å². The largest absolute Gasteiger partial charge is 0.497 e. The highest BCUT2D eigenvalue weighted by atomic mass is 16.5. The number of amides is 1. The molecule has 0 radical (unpaired) electrons. The minimum Gasteiger partial charge on any atom is -0.497 e. The van der Waals surface area contributed by atoms with Crippen LogP contribution in [0, 0.1) is 0 Å². The molecule has 1 N–H and O–H groups in total. The van der Waals surface area contributed by atoms with Gasteiger partial charge in [0, 0.05) is 23.9 Å². The smallest absolute Gasteiger partial charge is 0.241 e. The van der Waals surface area contributed by atoms with Gasteiger partial charge in [-0.1, -0.05) is 32.0 Å². The van der Waals surface area contributed by atoms with Gasteiger partial charge in [0.1, 0.15) is 11.5 Å². The van der Waals surface area contributed by atoms with E-state index < -0.39 is 0 Å². The van der Waals surface area contributed by atoms with Gasteiger partial charge < -0.3 is 14.8 Å². The molecule has 1 amide bonds. The summed E-state index contributed by atoms with van der Waals surface area (Å²) in [5.74, 6) is 1.92. The molecule has 146 valence electrons. The molecule has 0 heterocycles. The molecule has 0 spiro atoms. The number of likely N-dealkylation sites (N-methyl/N-ethyl adjacent to an activating group) is 1. The van der Waals surface area contributed by atoms with E-state index in [4.69, 9.17) is 9.47 Å². The molecule has 2 rings (SSSR count). The van der Waals surface area contributed by atoms with Crippen LogP contribution in [0.15, 0.2) is 42.5 Å². The van der Waals surface area contributed by atoms with Gasteiger partial charge in [-0.15, -0.1) is 0 Å². The van der Waals surface area contributed by atoms with Gasteiger partial charge in [0.05, 0.1) is 20.3 Å². The molecule has 0 saturated heterocycles. The summed E-state index contributed by atoms with van der Waals surface area (Å²) in [5, 5.41) is 2.99. The van der Waals surface area contributed by atoms with Crippen LogP contribution in [0.2, 0.25) is 0 Å². The summed E-state index contributed by atoms with van der Waals surface area (Å²) >= 11 is 0. The number of ether oxygens (including phenoxy) is 2. The molecule has 0 aliphatic rings. The van der Waals surface area contributed by atoms with Crippen LogP contribution in [0.3, 0.4) is 0 Å². The number of nitrogens with zero attached hydrogens (tertiary/aromatic N) is 1. The Morgan fingerprint density at radius 1 is 1.04 bits per heavy atom. The van der Waals surface area contributed by atoms with E-state index >= 15 is 0 Å².